The van der Waals surface area contributed by atoms with Gasteiger partial charge in [-0.05, 0) is 25.8 Å². The molecule has 13 atom stereocenters. The number of aliphatic hydroxyl groups excluding tert-OH is 1. The number of rotatable bonds is 0. The first kappa shape index (κ1) is 25.2. The van der Waals surface area contributed by atoms with E-state index in [2.05, 4.69) is 13.8 Å². The van der Waals surface area contributed by atoms with Gasteiger partial charge in [0.25, 0.3) is 0 Å². The van der Waals surface area contributed by atoms with Crippen LogP contribution in [0, 0.1) is 10.8 Å². The van der Waals surface area contributed by atoms with Gasteiger partial charge in [0.15, 0.2) is 23.9 Å². The van der Waals surface area contributed by atoms with Crippen molar-refractivity contribution < 1.29 is 57.4 Å². The number of fused-ring (bicyclic) bond motifs is 2. The topological polar surface area (TPSA) is 155 Å². The third-order valence-corrected chi connectivity index (χ3v) is 12.1. The van der Waals surface area contributed by atoms with Gasteiger partial charge in [-0.3, -0.25) is 0 Å². The van der Waals surface area contributed by atoms with Crippen LogP contribution in [0.3, 0.4) is 0 Å². The van der Waals surface area contributed by atoms with E-state index in [1.165, 1.54) is 24.3 Å². The van der Waals surface area contributed by atoms with Crippen LogP contribution in [0.15, 0.2) is 24.3 Å². The molecule has 8 fully saturated rings. The molecule has 220 valence electrons. The molecule has 2 saturated carbocycles. The molecule has 12 nitrogen and oxygen atoms in total. The third kappa shape index (κ3) is 2.76. The molecule has 6 saturated heterocycles. The molecule has 9 rings (SSSR count). The Labute approximate surface area is 235 Å². The Bertz CT molecular complexity index is 1340. The smallest absolute Gasteiger partial charge is 0.339 e. The van der Waals surface area contributed by atoms with E-state index in [4.69, 9.17) is 37.9 Å². The highest BCUT2D eigenvalue weighted by molar-refractivity contribution is 5.84. The number of carbonyl (C=O) groups excluding carboxylic acids is 3. The number of cyclic esters (lactones) is 1. The zero-order valence-electron chi connectivity index (χ0n) is 22.7. The highest BCUT2D eigenvalue weighted by Gasteiger charge is 2.87. The molecule has 4 bridgehead atoms. The van der Waals surface area contributed by atoms with Gasteiger partial charge in [-0.25, -0.2) is 14.4 Å². The maximum absolute atomic E-state index is 13.7. The molecule has 0 aromatic heterocycles. The number of esters is 3. The van der Waals surface area contributed by atoms with E-state index in [1.807, 2.05) is 0 Å². The first-order valence-electron chi connectivity index (χ1n) is 14.5. The van der Waals surface area contributed by atoms with Gasteiger partial charge in [0.05, 0.1) is 36.4 Å². The monoisotopic (exact) mass is 572 g/mol. The molecule has 3 unspecified atom stereocenters. The van der Waals surface area contributed by atoms with Crippen molar-refractivity contribution in [2.75, 3.05) is 19.8 Å². The zero-order valence-corrected chi connectivity index (χ0v) is 22.7. The predicted molar refractivity (Wildman–Crippen MR) is 131 cm³/mol. The fourth-order valence-corrected chi connectivity index (χ4v) is 9.44. The highest BCUT2D eigenvalue weighted by atomic mass is 16.7. The van der Waals surface area contributed by atoms with E-state index in [0.717, 1.165) is 6.42 Å². The third-order valence-electron chi connectivity index (χ3n) is 12.1. The van der Waals surface area contributed by atoms with Gasteiger partial charge >= 0.3 is 17.9 Å². The van der Waals surface area contributed by atoms with Crippen molar-refractivity contribution in [3.05, 3.63) is 24.3 Å². The molecule has 0 amide bonds. The standard InChI is InChI=1S/C29H32O12/c1-24-7-8-26-12-34-22(33)20-28(41-20)9-10-35-27(17(31)21(32)39-23(27)28)6-4-3-5-16(30)37-14-11-15(38-19(26)18(24)40-24)29(13-36-29)25(14,26)2/h3-6,14-15,17-20,23,31H,7-13H2,1-2H3/t14-,15-,17?,18+,19-,20?,23+,24-,25-,26-,27-,28+,29?/m1/s1. The molecule has 2 aliphatic carbocycles. The lowest BCUT2D eigenvalue weighted by atomic mass is 9.50. The van der Waals surface area contributed by atoms with Crippen LogP contribution in [0.25, 0.3) is 0 Å². The van der Waals surface area contributed by atoms with Crippen LogP contribution in [0.2, 0.25) is 0 Å². The second-order valence-electron chi connectivity index (χ2n) is 13.5. The Morgan fingerprint density at radius 1 is 0.902 bits per heavy atom. The lowest BCUT2D eigenvalue weighted by Crippen LogP contribution is -2.69. The lowest BCUT2D eigenvalue weighted by Gasteiger charge is -2.58. The van der Waals surface area contributed by atoms with E-state index >= 15 is 0 Å². The van der Waals surface area contributed by atoms with Crippen molar-refractivity contribution in [2.24, 2.45) is 10.8 Å². The highest BCUT2D eigenvalue weighted by Crippen LogP contribution is 2.75. The SMILES string of the molecule is C[C@@]12CC[C@@]34COC(=O)C5O[C@@]56CCO[C@]5(C=CC=CC(=O)O[C@@H]7C[C@@H](O[C@@H]3[C@@H]1O2)C1(CO1)[C@]74C)C(O)C(=O)O[C@H]65. The van der Waals surface area contributed by atoms with Gasteiger partial charge in [0.2, 0.25) is 0 Å². The molecule has 3 spiro atoms. The van der Waals surface area contributed by atoms with E-state index in [1.54, 1.807) is 0 Å². The number of epoxide rings is 3. The summed E-state index contributed by atoms with van der Waals surface area (Å²) in [5, 5.41) is 10.8. The van der Waals surface area contributed by atoms with Crippen molar-refractivity contribution in [1.82, 2.24) is 0 Å². The molecular weight excluding hydrogens is 540 g/mol. The minimum absolute atomic E-state index is 0.00474. The zero-order chi connectivity index (χ0) is 28.2. The van der Waals surface area contributed by atoms with Crippen LogP contribution in [-0.2, 0) is 52.3 Å². The summed E-state index contributed by atoms with van der Waals surface area (Å²) in [6, 6.07) is 0. The summed E-state index contributed by atoms with van der Waals surface area (Å²) in [6.07, 6.45) is 2.77. The second kappa shape index (κ2) is 7.40. The summed E-state index contributed by atoms with van der Waals surface area (Å²) >= 11 is 0. The van der Waals surface area contributed by atoms with Crippen LogP contribution >= 0.6 is 0 Å². The van der Waals surface area contributed by atoms with Gasteiger partial charge < -0.3 is 43.0 Å². The molecule has 9 aliphatic rings. The van der Waals surface area contributed by atoms with Gasteiger partial charge in [-0.15, -0.1) is 0 Å². The Morgan fingerprint density at radius 3 is 2.54 bits per heavy atom. The number of hydrogen-bond acceptors (Lipinski definition) is 12. The fourth-order valence-electron chi connectivity index (χ4n) is 9.44. The Hall–Kier alpha value is -2.35. The lowest BCUT2D eigenvalue weighted by molar-refractivity contribution is -0.251. The maximum atomic E-state index is 13.7. The predicted octanol–water partition coefficient (Wildman–Crippen LogP) is 0.0345. The molecule has 12 heteroatoms. The van der Waals surface area contributed by atoms with Gasteiger partial charge in [-0.2, -0.15) is 0 Å². The fraction of sp³-hybridized carbons (Fsp3) is 0.759. The molecule has 0 aromatic carbocycles. The summed E-state index contributed by atoms with van der Waals surface area (Å²) in [5.74, 6) is -2.01. The van der Waals surface area contributed by atoms with Gasteiger partial charge in [0, 0.05) is 24.3 Å². The van der Waals surface area contributed by atoms with E-state index < -0.39 is 70.0 Å². The summed E-state index contributed by atoms with van der Waals surface area (Å²) in [5.41, 5.74) is -5.19. The van der Waals surface area contributed by atoms with Crippen LogP contribution in [0.5, 0.6) is 0 Å². The molecule has 7 aliphatic heterocycles. The van der Waals surface area contributed by atoms with Crippen molar-refractivity contribution in [3.63, 3.8) is 0 Å². The first-order chi connectivity index (χ1) is 19.6. The van der Waals surface area contributed by atoms with Crippen LogP contribution in [0.1, 0.15) is 39.5 Å². The minimum Gasteiger partial charge on any atom is -0.463 e. The first-order valence-corrected chi connectivity index (χ1v) is 14.5. The van der Waals surface area contributed by atoms with Crippen LogP contribution < -0.4 is 0 Å². The van der Waals surface area contributed by atoms with Gasteiger partial charge in [0.1, 0.15) is 30.0 Å². The Kier molecular flexibility index (Phi) is 4.55. The average Bonchev–Trinajstić information content (AvgIpc) is 3.86. The molecule has 7 heterocycles. The Morgan fingerprint density at radius 2 is 1.73 bits per heavy atom. The minimum atomic E-state index is -1.63. The van der Waals surface area contributed by atoms with E-state index in [0.29, 0.717) is 19.4 Å². The quantitative estimate of drug-likeness (QED) is 0.237. The normalized spacial score (nSPS) is 59.3. The number of ether oxygens (including phenoxy) is 8. The van der Waals surface area contributed by atoms with Crippen molar-refractivity contribution in [2.45, 2.75) is 105 Å². The number of allylic oxidation sites excluding steroid dienone is 2. The van der Waals surface area contributed by atoms with Crippen molar-refractivity contribution in [3.8, 4) is 0 Å². The average molecular weight is 573 g/mol. The van der Waals surface area contributed by atoms with Crippen LogP contribution in [-0.4, -0.2) is 108 Å². The van der Waals surface area contributed by atoms with E-state index in [-0.39, 0.29) is 43.5 Å². The van der Waals surface area contributed by atoms with Crippen molar-refractivity contribution in [1.29, 1.82) is 0 Å². The number of hydrogen-bond donors (Lipinski definition) is 1. The van der Waals surface area contributed by atoms with E-state index in [9.17, 15) is 19.5 Å². The number of carbonyl (C=O) groups is 3. The van der Waals surface area contributed by atoms with Gasteiger partial charge in [-0.1, -0.05) is 19.1 Å². The summed E-state index contributed by atoms with van der Waals surface area (Å²) < 4.78 is 48.8. The molecule has 0 radical (unpaired) electrons. The molecular formula is C29H32O12. The molecule has 1 N–H and O–H groups in total. The number of aliphatic hydroxyl groups is 1. The van der Waals surface area contributed by atoms with Crippen LogP contribution in [0.4, 0.5) is 0 Å². The summed E-state index contributed by atoms with van der Waals surface area (Å²) in [6.45, 7) is 4.74. The Balaban J connectivity index is 1.14. The molecule has 0 aromatic rings. The molecule has 41 heavy (non-hydrogen) atoms. The van der Waals surface area contributed by atoms with Crippen molar-refractivity contribution >= 4 is 17.9 Å². The summed E-state index contributed by atoms with van der Waals surface area (Å²) in [4.78, 5) is 39.4. The summed E-state index contributed by atoms with van der Waals surface area (Å²) in [7, 11) is 0. The largest absolute Gasteiger partial charge is 0.463 e. The maximum Gasteiger partial charge on any atom is 0.339 e. The second-order valence-corrected chi connectivity index (χ2v) is 13.5.